The number of halogens is 1. The molecule has 114 valence electrons. The van der Waals surface area contributed by atoms with Crippen molar-refractivity contribution in [2.24, 2.45) is 0 Å². The van der Waals surface area contributed by atoms with E-state index >= 15 is 0 Å². The van der Waals surface area contributed by atoms with Gasteiger partial charge in [-0.1, -0.05) is 64.2 Å². The topological polar surface area (TPSA) is 17.1 Å². The van der Waals surface area contributed by atoms with Gasteiger partial charge in [0.05, 0.1) is 8.07 Å². The van der Waals surface area contributed by atoms with Crippen LogP contribution in [0.2, 0.25) is 45.3 Å². The predicted molar refractivity (Wildman–Crippen MR) is 96.9 cm³/mol. The molecule has 0 bridgehead atoms. The molecular weight excluding hydrogens is 308 g/mol. The molecule has 19 heavy (non-hydrogen) atoms. The molecule has 0 radical (unpaired) electrons. The molecule has 0 aliphatic rings. The van der Waals surface area contributed by atoms with Crippen molar-refractivity contribution in [3.63, 3.8) is 0 Å². The van der Waals surface area contributed by atoms with E-state index in [2.05, 4.69) is 46.2 Å². The molecule has 1 nitrogen and oxygen atoms in total. The summed E-state index contributed by atoms with van der Waals surface area (Å²) in [4.78, 5) is 0. The minimum Gasteiger partial charge on any atom is -0.255 e. The SMILES string of the molecule is CCCC/C(Cl)=C(\S(=O)CC[Si](C)(C)C)[Si](C)(C)C. The van der Waals surface area contributed by atoms with Crippen LogP contribution in [0.25, 0.3) is 0 Å². The molecule has 0 aliphatic carbocycles. The van der Waals surface area contributed by atoms with Crippen molar-refractivity contribution >= 4 is 38.5 Å². The second kappa shape index (κ2) is 8.15. The highest BCUT2D eigenvalue weighted by Gasteiger charge is 2.28. The van der Waals surface area contributed by atoms with Crippen molar-refractivity contribution in [2.75, 3.05) is 5.75 Å². The maximum atomic E-state index is 12.7. The normalized spacial score (nSPS) is 16.2. The molecule has 0 saturated heterocycles. The average molecular weight is 339 g/mol. The zero-order valence-corrected chi connectivity index (χ0v) is 17.3. The van der Waals surface area contributed by atoms with Crippen LogP contribution < -0.4 is 0 Å². The first-order valence-corrected chi connectivity index (χ1v) is 16.2. The maximum absolute atomic E-state index is 12.7. The van der Waals surface area contributed by atoms with E-state index < -0.39 is 26.9 Å². The van der Waals surface area contributed by atoms with Crippen molar-refractivity contribution in [2.45, 2.75) is 71.5 Å². The molecule has 0 aromatic carbocycles. The van der Waals surface area contributed by atoms with Gasteiger partial charge in [-0.3, -0.25) is 4.21 Å². The summed E-state index contributed by atoms with van der Waals surface area (Å²) in [6.07, 6.45) is 3.13. The van der Waals surface area contributed by atoms with E-state index in [-0.39, 0.29) is 0 Å². The van der Waals surface area contributed by atoms with Crippen LogP contribution in [-0.4, -0.2) is 26.1 Å². The minimum absolute atomic E-state index is 0.803. The standard InChI is InChI=1S/C14H31ClOSSi2/c1-8-9-10-13(15)14(19(5,6)7)17(16)11-12-18(2,3)4/h8-12H2,1-7H3/b14-13-. The molecule has 5 heteroatoms. The van der Waals surface area contributed by atoms with E-state index in [0.717, 1.165) is 40.6 Å². The Bertz CT molecular complexity index is 340. The molecule has 0 spiro atoms. The van der Waals surface area contributed by atoms with Crippen molar-refractivity contribution in [1.82, 2.24) is 0 Å². The first-order chi connectivity index (χ1) is 8.49. The van der Waals surface area contributed by atoms with Gasteiger partial charge in [-0.2, -0.15) is 0 Å². The summed E-state index contributed by atoms with van der Waals surface area (Å²) in [7, 11) is -3.59. The monoisotopic (exact) mass is 338 g/mol. The lowest BCUT2D eigenvalue weighted by Gasteiger charge is -2.24. The van der Waals surface area contributed by atoms with Crippen molar-refractivity contribution in [3.05, 3.63) is 9.56 Å². The van der Waals surface area contributed by atoms with Crippen LogP contribution in [0, 0.1) is 0 Å². The van der Waals surface area contributed by atoms with Gasteiger partial charge < -0.3 is 0 Å². The van der Waals surface area contributed by atoms with Crippen LogP contribution in [0.3, 0.4) is 0 Å². The first-order valence-electron chi connectivity index (χ1n) is 7.26. The van der Waals surface area contributed by atoms with Crippen molar-refractivity contribution in [1.29, 1.82) is 0 Å². The first kappa shape index (κ1) is 19.6. The summed E-state index contributed by atoms with van der Waals surface area (Å²) in [6.45, 7) is 15.9. The van der Waals surface area contributed by atoms with Gasteiger partial charge in [0.25, 0.3) is 0 Å². The quantitative estimate of drug-likeness (QED) is 0.527. The fourth-order valence-corrected chi connectivity index (χ4v) is 10.8. The van der Waals surface area contributed by atoms with Gasteiger partial charge in [0.2, 0.25) is 0 Å². The number of rotatable bonds is 8. The van der Waals surface area contributed by atoms with Crippen LogP contribution in [0.15, 0.2) is 9.56 Å². The highest BCUT2D eigenvalue weighted by atomic mass is 35.5. The Labute approximate surface area is 129 Å². The van der Waals surface area contributed by atoms with Crippen LogP contribution in [-0.2, 0) is 10.8 Å². The van der Waals surface area contributed by atoms with Gasteiger partial charge in [0.15, 0.2) is 0 Å². The second-order valence-corrected chi connectivity index (χ2v) is 20.4. The van der Waals surface area contributed by atoms with E-state index in [1.54, 1.807) is 0 Å². The predicted octanol–water partition coefficient (Wildman–Crippen LogP) is 5.59. The Morgan fingerprint density at radius 1 is 1.11 bits per heavy atom. The number of hydrogen-bond donors (Lipinski definition) is 0. The molecule has 0 saturated carbocycles. The van der Waals surface area contributed by atoms with Crippen LogP contribution in [0.1, 0.15) is 26.2 Å². The summed E-state index contributed by atoms with van der Waals surface area (Å²) in [6, 6.07) is 1.12. The van der Waals surface area contributed by atoms with Gasteiger partial charge in [0.1, 0.15) is 0 Å². The lowest BCUT2D eigenvalue weighted by atomic mass is 10.2. The van der Waals surface area contributed by atoms with Crippen LogP contribution in [0.4, 0.5) is 0 Å². The Hall–Kier alpha value is 0.614. The van der Waals surface area contributed by atoms with Gasteiger partial charge in [-0.15, -0.1) is 0 Å². The smallest absolute Gasteiger partial charge is 0.0906 e. The van der Waals surface area contributed by atoms with Gasteiger partial charge >= 0.3 is 0 Å². The highest BCUT2D eigenvalue weighted by molar-refractivity contribution is 7.91. The summed E-state index contributed by atoms with van der Waals surface area (Å²) >= 11 is 6.49. The molecular formula is C14H31ClOSSi2. The van der Waals surface area contributed by atoms with E-state index in [1.165, 1.54) is 0 Å². The van der Waals surface area contributed by atoms with Gasteiger partial charge in [-0.05, 0) is 18.9 Å². The second-order valence-electron chi connectivity index (χ2n) is 7.45. The Kier molecular flexibility index (Phi) is 8.42. The molecule has 0 aliphatic heterocycles. The largest absolute Gasteiger partial charge is 0.255 e. The fourth-order valence-electron chi connectivity index (χ4n) is 1.82. The number of hydrogen-bond acceptors (Lipinski definition) is 1. The molecule has 0 heterocycles. The Morgan fingerprint density at radius 3 is 2.00 bits per heavy atom. The number of unbranched alkanes of at least 4 members (excludes halogenated alkanes) is 1. The van der Waals surface area contributed by atoms with Gasteiger partial charge in [0, 0.05) is 34.2 Å². The molecule has 1 atom stereocenters. The minimum atomic E-state index is -1.60. The average Bonchev–Trinajstić information content (AvgIpc) is 2.20. The molecule has 1 unspecified atom stereocenters. The molecule has 0 aromatic rings. The van der Waals surface area contributed by atoms with Crippen LogP contribution in [0.5, 0.6) is 0 Å². The van der Waals surface area contributed by atoms with Crippen molar-refractivity contribution in [3.8, 4) is 0 Å². The van der Waals surface area contributed by atoms with Crippen molar-refractivity contribution < 1.29 is 4.21 Å². The molecule has 0 amide bonds. The molecule has 0 fully saturated rings. The highest BCUT2D eigenvalue weighted by Crippen LogP contribution is 2.29. The van der Waals surface area contributed by atoms with Gasteiger partial charge in [-0.25, -0.2) is 0 Å². The Morgan fingerprint density at radius 2 is 1.63 bits per heavy atom. The molecule has 0 N–H and O–H groups in total. The molecule has 0 rings (SSSR count). The van der Waals surface area contributed by atoms with Crippen LogP contribution >= 0.6 is 11.6 Å². The third-order valence-corrected chi connectivity index (χ3v) is 11.2. The lowest BCUT2D eigenvalue weighted by molar-refractivity contribution is 0.687. The Balaban J connectivity index is 5.02. The van der Waals surface area contributed by atoms with E-state index in [4.69, 9.17) is 11.6 Å². The fraction of sp³-hybridized carbons (Fsp3) is 0.857. The number of allylic oxidation sites excluding steroid dienone is 1. The lowest BCUT2D eigenvalue weighted by Crippen LogP contribution is -2.31. The molecule has 0 aromatic heterocycles. The third-order valence-electron chi connectivity index (χ3n) is 2.94. The summed E-state index contributed by atoms with van der Waals surface area (Å²) in [5.74, 6) is 0.803. The maximum Gasteiger partial charge on any atom is 0.0906 e. The zero-order chi connectivity index (χ0) is 15.3. The van der Waals surface area contributed by atoms with E-state index in [1.807, 2.05) is 0 Å². The van der Waals surface area contributed by atoms with E-state index in [0.29, 0.717) is 0 Å². The summed E-state index contributed by atoms with van der Waals surface area (Å²) in [5.41, 5.74) is 0. The zero-order valence-electron chi connectivity index (χ0n) is 13.7. The third kappa shape index (κ3) is 8.48. The summed E-state index contributed by atoms with van der Waals surface area (Å²) in [5, 5.41) is 0.898. The summed E-state index contributed by atoms with van der Waals surface area (Å²) < 4.78 is 13.8. The van der Waals surface area contributed by atoms with E-state index in [9.17, 15) is 4.21 Å².